The van der Waals surface area contributed by atoms with E-state index in [1.54, 1.807) is 0 Å². The molecule has 0 spiro atoms. The van der Waals surface area contributed by atoms with Gasteiger partial charge in [0, 0.05) is 6.42 Å². The molecule has 4 unspecified atom stereocenters. The summed E-state index contributed by atoms with van der Waals surface area (Å²) in [6, 6.07) is 15.9. The van der Waals surface area contributed by atoms with Crippen molar-refractivity contribution in [2.24, 2.45) is 0 Å². The van der Waals surface area contributed by atoms with Crippen molar-refractivity contribution in [3.63, 3.8) is 0 Å². The van der Waals surface area contributed by atoms with Crippen molar-refractivity contribution in [3.05, 3.63) is 59.7 Å². The minimum absolute atomic E-state index is 0.264. The van der Waals surface area contributed by atoms with Crippen molar-refractivity contribution >= 4 is 0 Å². The highest BCUT2D eigenvalue weighted by molar-refractivity contribution is 5.36. The Morgan fingerprint density at radius 1 is 0.760 bits per heavy atom. The van der Waals surface area contributed by atoms with E-state index >= 15 is 0 Å². The Bertz CT molecular complexity index is 668. The molecule has 0 saturated carbocycles. The molecule has 2 aliphatic heterocycles. The van der Waals surface area contributed by atoms with Crippen LogP contribution in [0, 0.1) is 0 Å². The minimum atomic E-state index is -0.705. The van der Waals surface area contributed by atoms with Gasteiger partial charge in [0.15, 0.2) is 0 Å². The van der Waals surface area contributed by atoms with Gasteiger partial charge in [0.1, 0.15) is 23.7 Å². The Morgan fingerprint density at radius 2 is 1.20 bits per heavy atom. The van der Waals surface area contributed by atoms with Gasteiger partial charge in [0.05, 0.1) is 12.2 Å². The lowest BCUT2D eigenvalue weighted by Gasteiger charge is -2.33. The van der Waals surface area contributed by atoms with E-state index in [0.29, 0.717) is 0 Å². The number of para-hydroxylation sites is 2. The molecule has 0 aromatic heterocycles. The molecule has 0 bridgehead atoms. The van der Waals surface area contributed by atoms with Crippen LogP contribution in [0.25, 0.3) is 0 Å². The van der Waals surface area contributed by atoms with Crippen LogP contribution >= 0.6 is 0 Å². The number of aryl methyl sites for hydroxylation is 2. The summed E-state index contributed by atoms with van der Waals surface area (Å²) in [4.78, 5) is 0. The smallest absolute Gasteiger partial charge is 0.125 e. The highest BCUT2D eigenvalue weighted by Gasteiger charge is 2.32. The zero-order valence-electron chi connectivity index (χ0n) is 14.2. The van der Waals surface area contributed by atoms with E-state index in [1.807, 2.05) is 36.4 Å². The maximum absolute atomic E-state index is 10.6. The van der Waals surface area contributed by atoms with Crippen LogP contribution in [0.15, 0.2) is 48.5 Å². The first-order valence-electron chi connectivity index (χ1n) is 9.06. The Kier molecular flexibility index (Phi) is 4.64. The van der Waals surface area contributed by atoms with Crippen molar-refractivity contribution in [3.8, 4) is 11.5 Å². The zero-order valence-corrected chi connectivity index (χ0v) is 14.2. The van der Waals surface area contributed by atoms with Crippen molar-refractivity contribution in [1.82, 2.24) is 0 Å². The van der Waals surface area contributed by atoms with Gasteiger partial charge in [-0.15, -0.1) is 0 Å². The van der Waals surface area contributed by atoms with Gasteiger partial charge in [-0.1, -0.05) is 36.4 Å². The number of rotatable bonds is 4. The number of aliphatic hydroxyl groups is 2. The lowest BCUT2D eigenvalue weighted by atomic mass is 9.92. The third-order valence-electron chi connectivity index (χ3n) is 5.24. The number of fused-ring (bicyclic) bond motifs is 2. The van der Waals surface area contributed by atoms with Crippen molar-refractivity contribution in [2.75, 3.05) is 0 Å². The molecule has 2 aromatic rings. The fourth-order valence-electron chi connectivity index (χ4n) is 3.78. The largest absolute Gasteiger partial charge is 0.487 e. The van der Waals surface area contributed by atoms with Crippen molar-refractivity contribution in [2.45, 2.75) is 56.5 Å². The molecule has 0 amide bonds. The lowest BCUT2D eigenvalue weighted by molar-refractivity contribution is -0.0425. The summed E-state index contributed by atoms with van der Waals surface area (Å²) in [5.74, 6) is 1.69. The highest BCUT2D eigenvalue weighted by atomic mass is 16.5. The molecule has 2 N–H and O–H groups in total. The second-order valence-electron chi connectivity index (χ2n) is 6.98. The quantitative estimate of drug-likeness (QED) is 0.898. The second-order valence-corrected chi connectivity index (χ2v) is 6.98. The van der Waals surface area contributed by atoms with Crippen LogP contribution in [0.4, 0.5) is 0 Å². The van der Waals surface area contributed by atoms with Crippen LogP contribution in [0.5, 0.6) is 11.5 Å². The number of benzene rings is 2. The summed E-state index contributed by atoms with van der Waals surface area (Å²) in [6.45, 7) is 0. The van der Waals surface area contributed by atoms with Gasteiger partial charge in [0.25, 0.3) is 0 Å². The molecule has 0 aliphatic carbocycles. The first kappa shape index (κ1) is 16.4. The molecule has 0 radical (unpaired) electrons. The summed E-state index contributed by atoms with van der Waals surface area (Å²) >= 11 is 0. The van der Waals surface area contributed by atoms with E-state index in [9.17, 15) is 10.2 Å². The van der Waals surface area contributed by atoms with Gasteiger partial charge in [-0.25, -0.2) is 0 Å². The number of hydrogen-bond donors (Lipinski definition) is 2. The average Bonchev–Trinajstić information content (AvgIpc) is 2.67. The molecular weight excluding hydrogens is 316 g/mol. The van der Waals surface area contributed by atoms with Crippen LogP contribution in [0.1, 0.15) is 30.4 Å². The van der Waals surface area contributed by atoms with Gasteiger partial charge in [0.2, 0.25) is 0 Å². The molecule has 2 aliphatic rings. The van der Waals surface area contributed by atoms with Crippen LogP contribution < -0.4 is 9.47 Å². The van der Waals surface area contributed by atoms with Crippen molar-refractivity contribution < 1.29 is 19.7 Å². The zero-order chi connectivity index (χ0) is 17.2. The summed E-state index contributed by atoms with van der Waals surface area (Å²) in [5.41, 5.74) is 2.36. The predicted octanol–water partition coefficient (Wildman–Crippen LogP) is 2.89. The molecule has 4 heteroatoms. The number of ether oxygens (including phenoxy) is 2. The Balaban J connectivity index is 1.36. The number of hydrogen-bond acceptors (Lipinski definition) is 4. The SMILES string of the molecule is OC(CC(O)C1CCc2ccccc2O1)C1CCc2ccccc2O1. The molecule has 0 saturated heterocycles. The van der Waals surface area contributed by atoms with Crippen LogP contribution in [0.3, 0.4) is 0 Å². The fraction of sp³-hybridized carbons (Fsp3) is 0.429. The summed E-state index contributed by atoms with van der Waals surface area (Å²) in [5, 5.41) is 21.1. The molecular formula is C21H24O4. The molecule has 4 nitrogen and oxygen atoms in total. The molecule has 25 heavy (non-hydrogen) atoms. The Hall–Kier alpha value is -2.04. The molecule has 0 fully saturated rings. The fourth-order valence-corrected chi connectivity index (χ4v) is 3.78. The highest BCUT2D eigenvalue weighted by Crippen LogP contribution is 2.31. The lowest BCUT2D eigenvalue weighted by Crippen LogP contribution is -2.42. The second kappa shape index (κ2) is 7.06. The van der Waals surface area contributed by atoms with Crippen LogP contribution in [0.2, 0.25) is 0 Å². The molecule has 2 aromatic carbocycles. The van der Waals surface area contributed by atoms with E-state index in [0.717, 1.165) is 37.2 Å². The van der Waals surface area contributed by atoms with Gasteiger partial charge in [-0.3, -0.25) is 0 Å². The maximum Gasteiger partial charge on any atom is 0.125 e. The molecule has 2 heterocycles. The van der Waals surface area contributed by atoms with Crippen LogP contribution in [-0.2, 0) is 12.8 Å². The monoisotopic (exact) mass is 340 g/mol. The summed E-state index contributed by atoms with van der Waals surface area (Å²) in [6.07, 6.45) is 1.61. The van der Waals surface area contributed by atoms with E-state index in [2.05, 4.69) is 12.1 Å². The van der Waals surface area contributed by atoms with Gasteiger partial charge in [-0.2, -0.15) is 0 Å². The van der Waals surface area contributed by atoms with Gasteiger partial charge in [-0.05, 0) is 48.9 Å². The van der Waals surface area contributed by atoms with E-state index in [4.69, 9.17) is 9.47 Å². The van der Waals surface area contributed by atoms with Crippen molar-refractivity contribution in [1.29, 1.82) is 0 Å². The average molecular weight is 340 g/mol. The Labute approximate surface area is 148 Å². The van der Waals surface area contributed by atoms with E-state index < -0.39 is 12.2 Å². The third kappa shape index (κ3) is 3.51. The van der Waals surface area contributed by atoms with E-state index in [1.165, 1.54) is 11.1 Å². The van der Waals surface area contributed by atoms with Gasteiger partial charge < -0.3 is 19.7 Å². The predicted molar refractivity (Wildman–Crippen MR) is 95.0 cm³/mol. The Morgan fingerprint density at radius 3 is 1.68 bits per heavy atom. The molecule has 132 valence electrons. The standard InChI is InChI=1S/C21H24O4/c22-16(20-11-9-14-5-1-3-7-18(14)24-20)13-17(23)21-12-10-15-6-2-4-8-19(15)25-21/h1-8,16-17,20-23H,9-13H2. The van der Waals surface area contributed by atoms with Gasteiger partial charge >= 0.3 is 0 Å². The third-order valence-corrected chi connectivity index (χ3v) is 5.24. The minimum Gasteiger partial charge on any atom is -0.487 e. The number of aliphatic hydroxyl groups excluding tert-OH is 2. The summed E-state index contributed by atoms with van der Waals surface area (Å²) in [7, 11) is 0. The first-order valence-corrected chi connectivity index (χ1v) is 9.06. The van der Waals surface area contributed by atoms with Crippen LogP contribution in [-0.4, -0.2) is 34.6 Å². The molecule has 4 atom stereocenters. The van der Waals surface area contributed by atoms with E-state index in [-0.39, 0.29) is 18.6 Å². The summed E-state index contributed by atoms with van der Waals surface area (Å²) < 4.78 is 11.9. The topological polar surface area (TPSA) is 58.9 Å². The first-order chi connectivity index (χ1) is 12.2. The maximum atomic E-state index is 10.6. The normalized spacial score (nSPS) is 24.2. The molecule has 4 rings (SSSR count).